The van der Waals surface area contributed by atoms with Gasteiger partial charge in [-0.25, -0.2) is 5.43 Å². The van der Waals surface area contributed by atoms with Gasteiger partial charge >= 0.3 is 12.1 Å². The molecule has 0 aromatic rings. The van der Waals surface area contributed by atoms with Crippen LogP contribution in [0.5, 0.6) is 0 Å². The molecule has 0 spiro atoms. The van der Waals surface area contributed by atoms with E-state index in [9.17, 15) is 26.7 Å². The molecule has 0 aromatic carbocycles. The van der Waals surface area contributed by atoms with E-state index >= 15 is 0 Å². The molecule has 1 aliphatic rings. The Hall–Kier alpha value is -1.21. The maximum Gasteiger partial charge on any atom is 0.459 e. The number of carbonyl (C=O) groups excluding carboxylic acids is 1. The number of nitrogens with one attached hydrogen (secondary N) is 1. The zero-order valence-electron chi connectivity index (χ0n) is 9.44. The second kappa shape index (κ2) is 5.62. The topological polar surface area (TPSA) is 41.5 Å². The van der Waals surface area contributed by atoms with Crippen LogP contribution in [0.25, 0.3) is 0 Å². The lowest BCUT2D eigenvalue weighted by molar-refractivity contribution is -0.247. The van der Waals surface area contributed by atoms with E-state index in [1.165, 1.54) is 0 Å². The summed E-state index contributed by atoms with van der Waals surface area (Å²) in [5.41, 5.74) is 1.73. The minimum atomic E-state index is -5.70. The van der Waals surface area contributed by atoms with Crippen LogP contribution in [0.4, 0.5) is 22.0 Å². The van der Waals surface area contributed by atoms with E-state index in [1.807, 2.05) is 0 Å². The summed E-state index contributed by atoms with van der Waals surface area (Å²) < 4.78 is 60.1. The monoisotopic (exact) mass is 272 g/mol. The van der Waals surface area contributed by atoms with E-state index in [4.69, 9.17) is 0 Å². The first-order valence-electron chi connectivity index (χ1n) is 5.52. The van der Waals surface area contributed by atoms with Crippen LogP contribution in [0, 0.1) is 5.92 Å². The van der Waals surface area contributed by atoms with Gasteiger partial charge in [-0.05, 0) is 12.8 Å². The second-order valence-corrected chi connectivity index (χ2v) is 4.19. The molecule has 0 radical (unpaired) electrons. The number of hydrazone groups is 1. The Kier molecular flexibility index (Phi) is 4.64. The number of halogens is 5. The van der Waals surface area contributed by atoms with Gasteiger partial charge < -0.3 is 0 Å². The fraction of sp³-hybridized carbons (Fsp3) is 0.800. The Bertz CT molecular complexity index is 321. The molecule has 0 aliphatic heterocycles. The van der Waals surface area contributed by atoms with Crippen LogP contribution in [0.2, 0.25) is 0 Å². The molecule has 0 unspecified atom stereocenters. The van der Waals surface area contributed by atoms with Crippen LogP contribution in [0.15, 0.2) is 5.10 Å². The fourth-order valence-corrected chi connectivity index (χ4v) is 1.71. The zero-order valence-corrected chi connectivity index (χ0v) is 9.44. The highest BCUT2D eigenvalue weighted by atomic mass is 19.4. The fourth-order valence-electron chi connectivity index (χ4n) is 1.71. The normalized spacial score (nSPS) is 19.2. The summed E-state index contributed by atoms with van der Waals surface area (Å²) in [6.07, 6.45) is -2.38. The quantitative estimate of drug-likeness (QED) is 0.479. The minimum Gasteiger partial charge on any atom is -0.273 e. The summed E-state index contributed by atoms with van der Waals surface area (Å²) in [7, 11) is 0. The molecule has 1 aliphatic carbocycles. The number of nitrogens with zero attached hydrogens (tertiary/aromatic N) is 1. The van der Waals surface area contributed by atoms with Crippen molar-refractivity contribution in [2.75, 3.05) is 0 Å². The zero-order chi connectivity index (χ0) is 13.8. The lowest BCUT2D eigenvalue weighted by Gasteiger charge is -2.19. The molecule has 1 saturated carbocycles. The third kappa shape index (κ3) is 3.92. The first-order chi connectivity index (χ1) is 8.24. The van der Waals surface area contributed by atoms with E-state index in [1.54, 1.807) is 5.43 Å². The van der Waals surface area contributed by atoms with Gasteiger partial charge in [-0.1, -0.05) is 19.3 Å². The third-order valence-electron chi connectivity index (χ3n) is 2.76. The maximum atomic E-state index is 12.4. The molecule has 0 saturated heterocycles. The van der Waals surface area contributed by atoms with Gasteiger partial charge in [0.05, 0.1) is 0 Å². The van der Waals surface area contributed by atoms with Gasteiger partial charge in [-0.15, -0.1) is 0 Å². The Labute approximate surface area is 100 Å². The molecule has 1 amide bonds. The summed E-state index contributed by atoms with van der Waals surface area (Å²) in [6, 6.07) is 0. The van der Waals surface area contributed by atoms with Crippen LogP contribution in [-0.4, -0.2) is 24.2 Å². The maximum absolute atomic E-state index is 12.4. The van der Waals surface area contributed by atoms with Crippen LogP contribution in [0.3, 0.4) is 0 Å². The molecule has 8 heteroatoms. The number of alkyl halides is 5. The standard InChI is InChI=1S/C10H13F5N2O/c11-9(12,10(13,14)15)6-16-17-8(18)7-4-2-1-3-5-7/h6-7H,1-5H2,(H,17,18). The molecule has 18 heavy (non-hydrogen) atoms. The van der Waals surface area contributed by atoms with Crippen LogP contribution in [-0.2, 0) is 4.79 Å². The first-order valence-corrected chi connectivity index (χ1v) is 5.52. The number of hydrogen-bond acceptors (Lipinski definition) is 2. The summed E-state index contributed by atoms with van der Waals surface area (Å²) >= 11 is 0. The molecule has 0 heterocycles. The molecule has 0 atom stereocenters. The molecule has 0 aromatic heterocycles. The molecule has 0 bridgehead atoms. The van der Waals surface area contributed by atoms with Crippen molar-refractivity contribution in [1.82, 2.24) is 5.43 Å². The SMILES string of the molecule is O=C(NN=CC(F)(F)C(F)(F)F)C1CCCCC1. The average Bonchev–Trinajstić information content (AvgIpc) is 2.28. The molecular formula is C10H13F5N2O. The molecule has 3 nitrogen and oxygen atoms in total. The van der Waals surface area contributed by atoms with Crippen molar-refractivity contribution < 1.29 is 26.7 Å². The summed E-state index contributed by atoms with van der Waals surface area (Å²) in [6.45, 7) is 0. The van der Waals surface area contributed by atoms with Crippen molar-refractivity contribution in [2.45, 2.75) is 44.2 Å². The molecule has 1 fully saturated rings. The predicted molar refractivity (Wildman–Crippen MR) is 54.2 cm³/mol. The first kappa shape index (κ1) is 14.8. The van der Waals surface area contributed by atoms with Crippen molar-refractivity contribution in [1.29, 1.82) is 0 Å². The van der Waals surface area contributed by atoms with E-state index in [0.29, 0.717) is 12.8 Å². The second-order valence-electron chi connectivity index (χ2n) is 4.19. The summed E-state index contributed by atoms with van der Waals surface area (Å²) in [4.78, 5) is 11.4. The molecule has 104 valence electrons. The number of amides is 1. The van der Waals surface area contributed by atoms with Gasteiger partial charge in [0.15, 0.2) is 0 Å². The smallest absolute Gasteiger partial charge is 0.273 e. The van der Waals surface area contributed by atoms with E-state index < -0.39 is 24.2 Å². The van der Waals surface area contributed by atoms with Crippen LogP contribution < -0.4 is 5.43 Å². The van der Waals surface area contributed by atoms with Crippen molar-refractivity contribution >= 4 is 12.1 Å². The van der Waals surface area contributed by atoms with Gasteiger partial charge in [-0.3, -0.25) is 4.79 Å². The predicted octanol–water partition coefficient (Wildman–Crippen LogP) is 2.87. The van der Waals surface area contributed by atoms with Gasteiger partial charge in [0, 0.05) is 5.92 Å². The minimum absolute atomic E-state index is 0.351. The van der Waals surface area contributed by atoms with Gasteiger partial charge in [0.2, 0.25) is 5.91 Å². The Morgan fingerprint density at radius 3 is 2.17 bits per heavy atom. The van der Waals surface area contributed by atoms with Gasteiger partial charge in [0.25, 0.3) is 0 Å². The van der Waals surface area contributed by atoms with Crippen molar-refractivity contribution in [3.8, 4) is 0 Å². The number of hydrogen-bond donors (Lipinski definition) is 1. The average molecular weight is 272 g/mol. The van der Waals surface area contributed by atoms with Crippen molar-refractivity contribution in [2.24, 2.45) is 11.0 Å². The summed E-state index contributed by atoms with van der Waals surface area (Å²) in [5.74, 6) is -5.99. The Morgan fingerprint density at radius 1 is 1.11 bits per heavy atom. The highest BCUT2D eigenvalue weighted by Crippen LogP contribution is 2.33. The summed E-state index contributed by atoms with van der Waals surface area (Å²) in [5, 5.41) is 2.69. The molecular weight excluding hydrogens is 259 g/mol. The van der Waals surface area contributed by atoms with Crippen molar-refractivity contribution in [3.05, 3.63) is 0 Å². The molecule has 1 rings (SSSR count). The highest BCUT2D eigenvalue weighted by Gasteiger charge is 2.56. The number of rotatable bonds is 3. The lowest BCUT2D eigenvalue weighted by atomic mass is 9.89. The van der Waals surface area contributed by atoms with Crippen LogP contribution in [0.1, 0.15) is 32.1 Å². The highest BCUT2D eigenvalue weighted by molar-refractivity contribution is 5.80. The van der Waals surface area contributed by atoms with E-state index in [-0.39, 0.29) is 5.92 Å². The van der Waals surface area contributed by atoms with Crippen molar-refractivity contribution in [3.63, 3.8) is 0 Å². The largest absolute Gasteiger partial charge is 0.459 e. The lowest BCUT2D eigenvalue weighted by Crippen LogP contribution is -2.39. The Morgan fingerprint density at radius 2 is 1.67 bits per heavy atom. The Balaban J connectivity index is 2.46. The van der Waals surface area contributed by atoms with Gasteiger partial charge in [0.1, 0.15) is 6.21 Å². The number of carbonyl (C=O) groups is 1. The van der Waals surface area contributed by atoms with Crippen LogP contribution >= 0.6 is 0 Å². The van der Waals surface area contributed by atoms with E-state index in [0.717, 1.165) is 19.3 Å². The molecule has 1 N–H and O–H groups in total. The third-order valence-corrected chi connectivity index (χ3v) is 2.76. The van der Waals surface area contributed by atoms with E-state index in [2.05, 4.69) is 5.10 Å². The van der Waals surface area contributed by atoms with Gasteiger partial charge in [-0.2, -0.15) is 27.1 Å².